The number of aliphatic carboxylic acids is 1. The number of nitrogens with zero attached hydrogens (tertiary/aromatic N) is 3. The van der Waals surface area contributed by atoms with Crippen molar-refractivity contribution in [1.82, 2.24) is 19.9 Å². The summed E-state index contributed by atoms with van der Waals surface area (Å²) in [6.45, 7) is -0.733. The molecule has 0 bridgehead atoms. The Morgan fingerprint density at radius 3 is 2.57 bits per heavy atom. The molecule has 8 nitrogen and oxygen atoms in total. The van der Waals surface area contributed by atoms with Gasteiger partial charge < -0.3 is 15.5 Å². The normalized spacial score (nSPS) is 11.6. The van der Waals surface area contributed by atoms with Crippen molar-refractivity contribution < 1.29 is 37.4 Å². The molecule has 2 heterocycles. The molecule has 2 aromatic heterocycles. The summed E-state index contributed by atoms with van der Waals surface area (Å²) in [5.41, 5.74) is -2.24. The Morgan fingerprint density at radius 2 is 1.93 bits per heavy atom. The molecule has 0 fully saturated rings. The Hall–Kier alpha value is -3.70. The highest BCUT2D eigenvalue weighted by atomic mass is 19.4. The van der Waals surface area contributed by atoms with E-state index in [1.165, 1.54) is 0 Å². The van der Waals surface area contributed by atoms with Crippen LogP contribution in [0.5, 0.6) is 5.75 Å². The van der Waals surface area contributed by atoms with Crippen molar-refractivity contribution in [1.29, 1.82) is 0 Å². The Labute approximate surface area is 153 Å². The van der Waals surface area contributed by atoms with Crippen LogP contribution in [0.2, 0.25) is 0 Å². The summed E-state index contributed by atoms with van der Waals surface area (Å²) in [5.74, 6) is -4.47. The van der Waals surface area contributed by atoms with Gasteiger partial charge in [-0.25, -0.2) is 13.9 Å². The number of carboxylic acid groups (broad SMARTS) is 1. The highest BCUT2D eigenvalue weighted by Gasteiger charge is 2.34. The number of carboxylic acids is 1. The van der Waals surface area contributed by atoms with Gasteiger partial charge in [0.2, 0.25) is 0 Å². The van der Waals surface area contributed by atoms with E-state index in [0.717, 1.165) is 23.0 Å². The molecule has 0 aliphatic rings. The van der Waals surface area contributed by atoms with E-state index >= 15 is 0 Å². The zero-order valence-corrected chi connectivity index (χ0v) is 13.7. The third kappa shape index (κ3) is 3.43. The summed E-state index contributed by atoms with van der Waals surface area (Å²) in [6.07, 6.45) is -3.96. The van der Waals surface area contributed by atoms with Crippen LogP contribution in [0.25, 0.3) is 16.8 Å². The first kappa shape index (κ1) is 19.1. The first-order chi connectivity index (χ1) is 13.1. The number of aromatic hydroxyl groups is 1. The SMILES string of the molecule is O=C(O)CNC(=O)c1c(O)cc(-c2ccc(F)c(C(F)(F)F)c2)c2ncnn12. The molecule has 0 unspecified atom stereocenters. The lowest BCUT2D eigenvalue weighted by molar-refractivity contribution is -0.140. The zero-order valence-electron chi connectivity index (χ0n) is 13.7. The van der Waals surface area contributed by atoms with Crippen LogP contribution in [0.4, 0.5) is 17.6 Å². The van der Waals surface area contributed by atoms with Crippen LogP contribution < -0.4 is 5.32 Å². The van der Waals surface area contributed by atoms with E-state index in [1.807, 2.05) is 5.32 Å². The second-order valence-corrected chi connectivity index (χ2v) is 5.56. The minimum atomic E-state index is -4.94. The van der Waals surface area contributed by atoms with Crippen molar-refractivity contribution in [3.63, 3.8) is 0 Å². The topological polar surface area (TPSA) is 117 Å². The summed E-state index contributed by atoms with van der Waals surface area (Å²) in [4.78, 5) is 26.6. The number of pyridine rings is 1. The Morgan fingerprint density at radius 1 is 1.21 bits per heavy atom. The van der Waals surface area contributed by atoms with Gasteiger partial charge in [-0.05, 0) is 23.8 Å². The van der Waals surface area contributed by atoms with Crippen LogP contribution in [0.1, 0.15) is 16.1 Å². The quantitative estimate of drug-likeness (QED) is 0.580. The number of amides is 1. The van der Waals surface area contributed by atoms with Gasteiger partial charge in [0, 0.05) is 5.56 Å². The monoisotopic (exact) mass is 398 g/mol. The summed E-state index contributed by atoms with van der Waals surface area (Å²) in [7, 11) is 0. The highest BCUT2D eigenvalue weighted by Crippen LogP contribution is 2.36. The fourth-order valence-corrected chi connectivity index (χ4v) is 2.54. The number of hydrogen-bond acceptors (Lipinski definition) is 5. The number of benzene rings is 1. The molecule has 3 rings (SSSR count). The van der Waals surface area contributed by atoms with Gasteiger partial charge >= 0.3 is 12.1 Å². The van der Waals surface area contributed by atoms with Gasteiger partial charge in [-0.2, -0.15) is 18.3 Å². The molecular formula is C16H10F4N4O4. The van der Waals surface area contributed by atoms with E-state index < -0.39 is 47.4 Å². The van der Waals surface area contributed by atoms with Crippen LogP contribution in [0, 0.1) is 5.82 Å². The molecule has 12 heteroatoms. The van der Waals surface area contributed by atoms with E-state index in [9.17, 15) is 32.3 Å². The number of carbonyl (C=O) groups is 2. The van der Waals surface area contributed by atoms with E-state index in [4.69, 9.17) is 5.11 Å². The van der Waals surface area contributed by atoms with E-state index in [2.05, 4.69) is 10.1 Å². The second-order valence-electron chi connectivity index (χ2n) is 5.56. The largest absolute Gasteiger partial charge is 0.505 e. The summed E-state index contributed by atoms with van der Waals surface area (Å²) < 4.78 is 53.3. The van der Waals surface area contributed by atoms with Crippen LogP contribution >= 0.6 is 0 Å². The third-order valence-corrected chi connectivity index (χ3v) is 3.72. The van der Waals surface area contributed by atoms with Gasteiger partial charge in [-0.3, -0.25) is 9.59 Å². The number of aromatic nitrogens is 3. The molecule has 0 atom stereocenters. The lowest BCUT2D eigenvalue weighted by atomic mass is 10.0. The Kier molecular flexibility index (Phi) is 4.63. The number of carbonyl (C=O) groups excluding carboxylic acids is 1. The molecule has 3 aromatic rings. The molecule has 1 amide bonds. The number of halogens is 4. The zero-order chi connectivity index (χ0) is 20.6. The lowest BCUT2D eigenvalue weighted by Crippen LogP contribution is -2.31. The average molecular weight is 398 g/mol. The average Bonchev–Trinajstić information content (AvgIpc) is 3.07. The molecule has 0 aliphatic heterocycles. The predicted octanol–water partition coefficient (Wildman–Crippen LogP) is 2.07. The van der Waals surface area contributed by atoms with Crippen LogP contribution in [0.15, 0.2) is 30.6 Å². The van der Waals surface area contributed by atoms with Crippen molar-refractivity contribution in [2.75, 3.05) is 6.54 Å². The highest BCUT2D eigenvalue weighted by molar-refractivity contribution is 5.98. The van der Waals surface area contributed by atoms with Crippen molar-refractivity contribution in [3.05, 3.63) is 47.7 Å². The molecule has 146 valence electrons. The molecule has 0 radical (unpaired) electrons. The number of rotatable bonds is 4. The summed E-state index contributed by atoms with van der Waals surface area (Å²) >= 11 is 0. The van der Waals surface area contributed by atoms with Gasteiger partial charge in [0.1, 0.15) is 24.4 Å². The fraction of sp³-hybridized carbons (Fsp3) is 0.125. The predicted molar refractivity (Wildman–Crippen MR) is 85.0 cm³/mol. The first-order valence-corrected chi connectivity index (χ1v) is 7.52. The minimum absolute atomic E-state index is 0.0460. The van der Waals surface area contributed by atoms with E-state index in [1.54, 1.807) is 0 Å². The van der Waals surface area contributed by atoms with Gasteiger partial charge in [0.15, 0.2) is 11.3 Å². The van der Waals surface area contributed by atoms with Crippen molar-refractivity contribution in [3.8, 4) is 16.9 Å². The Balaban J connectivity index is 2.16. The molecule has 0 saturated carbocycles. The number of hydrogen-bond donors (Lipinski definition) is 3. The van der Waals surface area contributed by atoms with E-state index in [-0.39, 0.29) is 16.8 Å². The second kappa shape index (κ2) is 6.79. The standard InChI is InChI=1S/C16H10F4N4O4/c17-10-2-1-7(3-9(10)16(18,19)20)8-4-11(25)13(15(28)21-5-12(26)27)24-14(8)22-6-23-24/h1-4,6,25H,5H2,(H,21,28)(H,26,27). The van der Waals surface area contributed by atoms with Crippen LogP contribution in [-0.2, 0) is 11.0 Å². The molecule has 3 N–H and O–H groups in total. The van der Waals surface area contributed by atoms with E-state index in [0.29, 0.717) is 12.1 Å². The van der Waals surface area contributed by atoms with Crippen molar-refractivity contribution in [2.45, 2.75) is 6.18 Å². The van der Waals surface area contributed by atoms with Gasteiger partial charge in [0.05, 0.1) is 5.56 Å². The van der Waals surface area contributed by atoms with Crippen molar-refractivity contribution >= 4 is 17.5 Å². The molecule has 0 aliphatic carbocycles. The maximum Gasteiger partial charge on any atom is 0.419 e. The maximum atomic E-state index is 13.5. The molecular weight excluding hydrogens is 388 g/mol. The molecule has 28 heavy (non-hydrogen) atoms. The fourth-order valence-electron chi connectivity index (χ4n) is 2.54. The Bertz CT molecular complexity index is 1090. The maximum absolute atomic E-state index is 13.5. The number of nitrogens with one attached hydrogen (secondary N) is 1. The smallest absolute Gasteiger partial charge is 0.419 e. The summed E-state index contributed by atoms with van der Waals surface area (Å²) in [6, 6.07) is 3.18. The molecule has 0 spiro atoms. The van der Waals surface area contributed by atoms with Crippen molar-refractivity contribution in [2.24, 2.45) is 0 Å². The van der Waals surface area contributed by atoms with Crippen LogP contribution in [0.3, 0.4) is 0 Å². The minimum Gasteiger partial charge on any atom is -0.505 e. The number of alkyl halides is 3. The van der Waals surface area contributed by atoms with Gasteiger partial charge in [0.25, 0.3) is 5.91 Å². The van der Waals surface area contributed by atoms with Gasteiger partial charge in [-0.15, -0.1) is 0 Å². The summed E-state index contributed by atoms with van der Waals surface area (Å²) in [5, 5.41) is 24.6. The van der Waals surface area contributed by atoms with Gasteiger partial charge in [-0.1, -0.05) is 6.07 Å². The molecule has 1 aromatic carbocycles. The lowest BCUT2D eigenvalue weighted by Gasteiger charge is -2.13. The number of fused-ring (bicyclic) bond motifs is 1. The first-order valence-electron chi connectivity index (χ1n) is 7.52. The molecule has 0 saturated heterocycles. The third-order valence-electron chi connectivity index (χ3n) is 3.72. The van der Waals surface area contributed by atoms with Crippen LogP contribution in [-0.4, -0.2) is 43.2 Å².